The summed E-state index contributed by atoms with van der Waals surface area (Å²) in [5, 5.41) is 10.8. The Morgan fingerprint density at radius 2 is 2.05 bits per heavy atom. The molecule has 108 valence electrons. The van der Waals surface area contributed by atoms with E-state index in [0.29, 0.717) is 6.42 Å². The summed E-state index contributed by atoms with van der Waals surface area (Å²) in [6.45, 7) is 0. The number of hydrogen-bond acceptors (Lipinski definition) is 4. The number of aromatic nitrogens is 2. The van der Waals surface area contributed by atoms with Crippen LogP contribution in [0.1, 0.15) is 11.3 Å². The largest absolute Gasteiger partial charge is 0.290 e. The minimum Gasteiger partial charge on any atom is -0.290 e. The summed E-state index contributed by atoms with van der Waals surface area (Å²) in [4.78, 5) is 16.0. The molecule has 0 aliphatic rings. The van der Waals surface area contributed by atoms with Crippen molar-refractivity contribution in [1.82, 2.24) is 9.38 Å². The fourth-order valence-corrected chi connectivity index (χ4v) is 3.60. The standard InChI is InChI=1S/C16H11N3O2S/c20-19(21)13-5-3-4-11(9-13)8-12-10-18-14-6-1-2-7-15(14)22-16(18)17-12/h1-7,9-10H,8H2. The van der Waals surface area contributed by atoms with Crippen molar-refractivity contribution in [2.45, 2.75) is 6.42 Å². The lowest BCUT2D eigenvalue weighted by Crippen LogP contribution is -1.92. The molecule has 0 radical (unpaired) electrons. The van der Waals surface area contributed by atoms with Crippen molar-refractivity contribution < 1.29 is 4.92 Å². The van der Waals surface area contributed by atoms with Crippen molar-refractivity contribution in [3.63, 3.8) is 0 Å². The van der Waals surface area contributed by atoms with E-state index in [9.17, 15) is 10.1 Å². The predicted molar refractivity (Wildman–Crippen MR) is 86.5 cm³/mol. The molecule has 0 spiro atoms. The molecule has 0 saturated carbocycles. The highest BCUT2D eigenvalue weighted by molar-refractivity contribution is 7.23. The number of benzene rings is 2. The number of para-hydroxylation sites is 1. The molecule has 0 N–H and O–H groups in total. The third kappa shape index (κ3) is 2.14. The molecule has 22 heavy (non-hydrogen) atoms. The second kappa shape index (κ2) is 4.92. The van der Waals surface area contributed by atoms with E-state index in [2.05, 4.69) is 21.5 Å². The van der Waals surface area contributed by atoms with Crippen LogP contribution in [0, 0.1) is 10.1 Å². The van der Waals surface area contributed by atoms with Gasteiger partial charge < -0.3 is 0 Å². The number of hydrogen-bond donors (Lipinski definition) is 0. The van der Waals surface area contributed by atoms with Crippen LogP contribution in [0.25, 0.3) is 15.2 Å². The highest BCUT2D eigenvalue weighted by Crippen LogP contribution is 2.26. The van der Waals surface area contributed by atoms with Gasteiger partial charge in [-0.25, -0.2) is 4.98 Å². The first-order chi connectivity index (χ1) is 10.7. The van der Waals surface area contributed by atoms with Crippen LogP contribution in [0.5, 0.6) is 0 Å². The van der Waals surface area contributed by atoms with Gasteiger partial charge in [0.2, 0.25) is 0 Å². The Hall–Kier alpha value is -2.73. The van der Waals surface area contributed by atoms with Crippen molar-refractivity contribution >= 4 is 32.2 Å². The fraction of sp³-hybridized carbons (Fsp3) is 0.0625. The molecular formula is C16H11N3O2S. The van der Waals surface area contributed by atoms with Gasteiger partial charge in [0.1, 0.15) is 0 Å². The average molecular weight is 309 g/mol. The summed E-state index contributed by atoms with van der Waals surface area (Å²) in [6, 6.07) is 14.9. The quantitative estimate of drug-likeness (QED) is 0.424. The molecule has 4 aromatic rings. The number of imidazole rings is 1. The molecule has 0 bridgehead atoms. The molecule has 0 saturated heterocycles. The number of thiazole rings is 1. The van der Waals surface area contributed by atoms with E-state index in [1.54, 1.807) is 23.5 Å². The topological polar surface area (TPSA) is 60.4 Å². The van der Waals surface area contributed by atoms with Crippen molar-refractivity contribution in [1.29, 1.82) is 0 Å². The van der Waals surface area contributed by atoms with Crippen LogP contribution in [0.2, 0.25) is 0 Å². The molecule has 0 unspecified atom stereocenters. The van der Waals surface area contributed by atoms with Gasteiger partial charge in [-0.3, -0.25) is 14.5 Å². The van der Waals surface area contributed by atoms with Gasteiger partial charge in [-0.2, -0.15) is 0 Å². The molecule has 0 atom stereocenters. The van der Waals surface area contributed by atoms with E-state index in [1.165, 1.54) is 10.8 Å². The summed E-state index contributed by atoms with van der Waals surface area (Å²) in [6.07, 6.45) is 2.59. The second-order valence-electron chi connectivity index (χ2n) is 5.06. The minimum absolute atomic E-state index is 0.115. The van der Waals surface area contributed by atoms with E-state index in [0.717, 1.165) is 21.7 Å². The Kier molecular flexibility index (Phi) is 2.90. The minimum atomic E-state index is -0.372. The maximum absolute atomic E-state index is 10.8. The van der Waals surface area contributed by atoms with Gasteiger partial charge in [0.25, 0.3) is 5.69 Å². The van der Waals surface area contributed by atoms with E-state index in [4.69, 9.17) is 0 Å². The molecule has 2 aromatic heterocycles. The first-order valence-corrected chi connectivity index (χ1v) is 7.61. The number of nitrogens with zero attached hydrogens (tertiary/aromatic N) is 3. The Morgan fingerprint density at radius 3 is 2.91 bits per heavy atom. The van der Waals surface area contributed by atoms with Crippen LogP contribution < -0.4 is 0 Å². The van der Waals surface area contributed by atoms with Crippen LogP contribution in [-0.2, 0) is 6.42 Å². The van der Waals surface area contributed by atoms with Gasteiger partial charge in [0.15, 0.2) is 4.96 Å². The number of non-ortho nitro benzene ring substituents is 1. The van der Waals surface area contributed by atoms with Crippen LogP contribution in [0.4, 0.5) is 5.69 Å². The average Bonchev–Trinajstić information content (AvgIpc) is 3.04. The van der Waals surface area contributed by atoms with E-state index >= 15 is 0 Å². The fourth-order valence-electron chi connectivity index (χ4n) is 2.57. The molecule has 0 amide bonds. The molecule has 0 aliphatic heterocycles. The summed E-state index contributed by atoms with van der Waals surface area (Å²) in [7, 11) is 0. The smallest absolute Gasteiger partial charge is 0.269 e. The summed E-state index contributed by atoms with van der Waals surface area (Å²) < 4.78 is 3.28. The monoisotopic (exact) mass is 309 g/mol. The maximum atomic E-state index is 10.8. The number of fused-ring (bicyclic) bond motifs is 3. The highest BCUT2D eigenvalue weighted by atomic mass is 32.1. The summed E-state index contributed by atoms with van der Waals surface area (Å²) in [5.74, 6) is 0. The maximum Gasteiger partial charge on any atom is 0.269 e. The zero-order valence-electron chi connectivity index (χ0n) is 11.5. The van der Waals surface area contributed by atoms with Gasteiger partial charge in [-0.15, -0.1) is 0 Å². The zero-order chi connectivity index (χ0) is 15.1. The molecular weight excluding hydrogens is 298 g/mol. The first kappa shape index (κ1) is 13.0. The molecule has 5 nitrogen and oxygen atoms in total. The van der Waals surface area contributed by atoms with Crippen molar-refractivity contribution in [3.05, 3.63) is 76.1 Å². The zero-order valence-corrected chi connectivity index (χ0v) is 12.3. The van der Waals surface area contributed by atoms with E-state index < -0.39 is 0 Å². The predicted octanol–water partition coefficient (Wildman–Crippen LogP) is 4.05. The Bertz CT molecular complexity index is 1000. The molecule has 2 aromatic carbocycles. The van der Waals surface area contributed by atoms with Gasteiger partial charge in [0.05, 0.1) is 20.8 Å². The summed E-state index contributed by atoms with van der Waals surface area (Å²) in [5.41, 5.74) is 3.06. The Labute approximate surface area is 129 Å². The van der Waals surface area contributed by atoms with E-state index in [-0.39, 0.29) is 10.6 Å². The molecule has 0 fully saturated rings. The lowest BCUT2D eigenvalue weighted by Gasteiger charge is -1.98. The van der Waals surface area contributed by atoms with Crippen LogP contribution in [-0.4, -0.2) is 14.3 Å². The van der Waals surface area contributed by atoms with Crippen LogP contribution in [0.3, 0.4) is 0 Å². The number of nitro groups is 1. The lowest BCUT2D eigenvalue weighted by atomic mass is 10.1. The van der Waals surface area contributed by atoms with Gasteiger partial charge in [-0.05, 0) is 17.7 Å². The molecule has 6 heteroatoms. The SMILES string of the molecule is O=[N+]([O-])c1cccc(Cc2cn3c(n2)sc2ccccc23)c1. The lowest BCUT2D eigenvalue weighted by molar-refractivity contribution is -0.384. The van der Waals surface area contributed by atoms with Gasteiger partial charge in [0, 0.05) is 24.8 Å². The van der Waals surface area contributed by atoms with Crippen molar-refractivity contribution in [3.8, 4) is 0 Å². The van der Waals surface area contributed by atoms with Gasteiger partial charge >= 0.3 is 0 Å². The molecule has 0 aliphatic carbocycles. The van der Waals surface area contributed by atoms with Crippen molar-refractivity contribution in [2.75, 3.05) is 0 Å². The third-order valence-corrected chi connectivity index (χ3v) is 4.59. The highest BCUT2D eigenvalue weighted by Gasteiger charge is 2.10. The third-order valence-electron chi connectivity index (χ3n) is 3.56. The Balaban J connectivity index is 1.72. The first-order valence-electron chi connectivity index (χ1n) is 6.79. The van der Waals surface area contributed by atoms with Crippen LogP contribution >= 0.6 is 11.3 Å². The number of nitro benzene ring substituents is 1. The van der Waals surface area contributed by atoms with Crippen molar-refractivity contribution in [2.24, 2.45) is 0 Å². The van der Waals surface area contributed by atoms with E-state index in [1.807, 2.05) is 24.4 Å². The van der Waals surface area contributed by atoms with Crippen LogP contribution in [0.15, 0.2) is 54.7 Å². The Morgan fingerprint density at radius 1 is 1.18 bits per heavy atom. The second-order valence-corrected chi connectivity index (χ2v) is 6.07. The normalized spacial score (nSPS) is 11.3. The summed E-state index contributed by atoms with van der Waals surface area (Å²) >= 11 is 1.64. The number of rotatable bonds is 3. The molecule has 4 rings (SSSR count). The van der Waals surface area contributed by atoms with Gasteiger partial charge in [-0.1, -0.05) is 35.6 Å². The molecule has 2 heterocycles.